The Balaban J connectivity index is 2.34. The second-order valence-electron chi connectivity index (χ2n) is 6.56. The Morgan fingerprint density at radius 2 is 2.07 bits per heavy atom. The van der Waals surface area contributed by atoms with Crippen molar-refractivity contribution in [2.24, 2.45) is 5.10 Å². The minimum atomic E-state index is -2.68. The van der Waals surface area contributed by atoms with Crippen molar-refractivity contribution in [1.29, 1.82) is 0 Å². The number of methoxy groups -OCH3 is 1. The van der Waals surface area contributed by atoms with E-state index in [4.69, 9.17) is 27.9 Å². The molecule has 29 heavy (non-hydrogen) atoms. The molecule has 1 amide bonds. The van der Waals surface area contributed by atoms with E-state index in [-0.39, 0.29) is 15.5 Å². The van der Waals surface area contributed by atoms with Gasteiger partial charge in [-0.2, -0.15) is 5.10 Å². The number of hydrazone groups is 1. The molecule has 1 aromatic carbocycles. The number of rotatable bonds is 6. The molecule has 160 valence electrons. The number of anilines is 1. The number of nitrogens with zero attached hydrogens (tertiary/aromatic N) is 2. The number of ether oxygens (including phenoxy) is 1. The van der Waals surface area contributed by atoms with Crippen LogP contribution in [0.1, 0.15) is 38.7 Å². The second kappa shape index (κ2) is 10.5. The molecule has 0 aromatic heterocycles. The van der Waals surface area contributed by atoms with E-state index in [2.05, 4.69) is 10.5 Å². The standard InChI is InChI=1S/C19H25Cl2FN3O3P/c1-4-29(27,5-2)17(21)11-13-10-16(15(22)12-14(13)20)23-24-18-8-6-7-9-25(18)19(26)28-3/h10-12,23H,4-9H2,1-3H3. The molecule has 6 nitrogen and oxygen atoms in total. The number of benzene rings is 1. The lowest BCUT2D eigenvalue weighted by atomic mass is 10.1. The lowest BCUT2D eigenvalue weighted by molar-refractivity contribution is 0.142. The third kappa shape index (κ3) is 5.74. The van der Waals surface area contributed by atoms with Gasteiger partial charge in [-0.3, -0.25) is 10.3 Å². The Labute approximate surface area is 180 Å². The molecule has 0 radical (unpaired) electrons. The number of carbonyl (C=O) groups excluding carboxylic acids is 1. The van der Waals surface area contributed by atoms with Gasteiger partial charge in [-0.05, 0) is 36.6 Å². The Bertz CT molecular complexity index is 869. The molecule has 1 saturated heterocycles. The number of carbonyl (C=O) groups is 1. The first-order valence-electron chi connectivity index (χ1n) is 9.38. The Hall–Kier alpha value is -1.56. The fourth-order valence-corrected chi connectivity index (χ4v) is 5.36. The van der Waals surface area contributed by atoms with Crippen LogP contribution in [0.2, 0.25) is 5.02 Å². The first kappa shape index (κ1) is 23.7. The normalized spacial score (nSPS) is 16.8. The van der Waals surface area contributed by atoms with Gasteiger partial charge in [0, 0.05) is 25.3 Å². The van der Waals surface area contributed by atoms with Crippen molar-refractivity contribution >= 4 is 54.0 Å². The number of piperidine rings is 1. The van der Waals surface area contributed by atoms with Crippen molar-refractivity contribution in [3.05, 3.63) is 33.3 Å². The quantitative estimate of drug-likeness (QED) is 0.391. The highest BCUT2D eigenvalue weighted by molar-refractivity contribution is 7.70. The van der Waals surface area contributed by atoms with Crippen molar-refractivity contribution < 1.29 is 18.5 Å². The summed E-state index contributed by atoms with van der Waals surface area (Å²) in [5.41, 5.74) is 3.16. The fraction of sp³-hybridized carbons (Fsp3) is 0.474. The summed E-state index contributed by atoms with van der Waals surface area (Å²) in [7, 11) is -1.38. The second-order valence-corrected chi connectivity index (χ2v) is 11.2. The van der Waals surface area contributed by atoms with Crippen molar-refractivity contribution in [3.8, 4) is 0 Å². The van der Waals surface area contributed by atoms with E-state index in [1.807, 2.05) is 13.8 Å². The summed E-state index contributed by atoms with van der Waals surface area (Å²) in [6.45, 7) is 4.11. The van der Waals surface area contributed by atoms with E-state index in [0.29, 0.717) is 36.7 Å². The van der Waals surface area contributed by atoms with E-state index >= 15 is 0 Å². The molecule has 1 aliphatic heterocycles. The molecule has 0 unspecified atom stereocenters. The molecule has 0 saturated carbocycles. The Morgan fingerprint density at radius 3 is 2.69 bits per heavy atom. The molecular weight excluding hydrogens is 439 g/mol. The lowest BCUT2D eigenvalue weighted by Gasteiger charge is -2.26. The van der Waals surface area contributed by atoms with E-state index in [1.54, 1.807) is 0 Å². The first-order valence-corrected chi connectivity index (χ1v) is 12.2. The van der Waals surface area contributed by atoms with Crippen LogP contribution >= 0.6 is 30.3 Å². The van der Waals surface area contributed by atoms with Crippen LogP contribution in [0.4, 0.5) is 14.9 Å². The fourth-order valence-electron chi connectivity index (χ4n) is 2.90. The van der Waals surface area contributed by atoms with Gasteiger partial charge in [0.05, 0.1) is 22.6 Å². The van der Waals surface area contributed by atoms with Crippen molar-refractivity contribution in [3.63, 3.8) is 0 Å². The Morgan fingerprint density at radius 1 is 1.38 bits per heavy atom. The summed E-state index contributed by atoms with van der Waals surface area (Å²) in [4.78, 5) is 13.3. The van der Waals surface area contributed by atoms with Gasteiger partial charge in [-0.25, -0.2) is 9.18 Å². The SMILES string of the molecule is CCP(=O)(CC)C(Cl)=Cc1cc(NN=C2CCCCN2C(=O)OC)c(F)cc1Cl. The van der Waals surface area contributed by atoms with Crippen molar-refractivity contribution in [1.82, 2.24) is 4.90 Å². The van der Waals surface area contributed by atoms with Gasteiger partial charge in [0.2, 0.25) is 0 Å². The third-order valence-corrected chi connectivity index (χ3v) is 9.13. The molecule has 0 bridgehead atoms. The number of hydrogen-bond acceptors (Lipinski definition) is 5. The van der Waals surface area contributed by atoms with Crippen LogP contribution in [0.5, 0.6) is 0 Å². The summed E-state index contributed by atoms with van der Waals surface area (Å²) in [6.07, 6.45) is 4.13. The molecular formula is C19H25Cl2FN3O3P. The highest BCUT2D eigenvalue weighted by Crippen LogP contribution is 2.56. The van der Waals surface area contributed by atoms with Crippen LogP contribution in [0, 0.1) is 5.82 Å². The first-order chi connectivity index (χ1) is 13.8. The van der Waals surface area contributed by atoms with Crippen molar-refractivity contribution in [2.75, 3.05) is 31.4 Å². The third-order valence-electron chi connectivity index (χ3n) is 4.82. The van der Waals surface area contributed by atoms with Gasteiger partial charge in [0.1, 0.15) is 18.8 Å². The minimum absolute atomic E-state index is 0.0656. The molecule has 1 N–H and O–H groups in total. The lowest BCUT2D eigenvalue weighted by Crippen LogP contribution is -2.40. The number of amides is 1. The van der Waals surface area contributed by atoms with Crippen LogP contribution < -0.4 is 5.43 Å². The molecule has 1 aliphatic rings. The molecule has 1 fully saturated rings. The maximum absolute atomic E-state index is 14.4. The largest absolute Gasteiger partial charge is 0.452 e. The maximum atomic E-state index is 14.4. The maximum Gasteiger partial charge on any atom is 0.414 e. The average molecular weight is 464 g/mol. The van der Waals surface area contributed by atoms with E-state index in [9.17, 15) is 13.8 Å². The summed E-state index contributed by atoms with van der Waals surface area (Å²) in [5, 5.41) is 4.34. The average Bonchev–Trinajstić information content (AvgIpc) is 2.73. The summed E-state index contributed by atoms with van der Waals surface area (Å²) >= 11 is 12.4. The summed E-state index contributed by atoms with van der Waals surface area (Å²) in [5.74, 6) is -0.142. The van der Waals surface area contributed by atoms with Gasteiger partial charge >= 0.3 is 6.09 Å². The van der Waals surface area contributed by atoms with E-state index in [0.717, 1.165) is 18.9 Å². The van der Waals surface area contributed by atoms with Gasteiger partial charge in [0.15, 0.2) is 0 Å². The number of likely N-dealkylation sites (tertiary alicyclic amines) is 1. The molecule has 0 spiro atoms. The van der Waals surface area contributed by atoms with E-state index < -0.39 is 19.1 Å². The van der Waals surface area contributed by atoms with Crippen LogP contribution in [-0.4, -0.2) is 42.8 Å². The van der Waals surface area contributed by atoms with Crippen LogP contribution in [0.25, 0.3) is 6.08 Å². The topological polar surface area (TPSA) is 71.0 Å². The summed E-state index contributed by atoms with van der Waals surface area (Å²) in [6, 6.07) is 2.59. The van der Waals surface area contributed by atoms with Gasteiger partial charge in [-0.1, -0.05) is 37.0 Å². The molecule has 1 aromatic rings. The predicted molar refractivity (Wildman–Crippen MR) is 118 cm³/mol. The Kier molecular flexibility index (Phi) is 8.56. The van der Waals surface area contributed by atoms with Gasteiger partial charge < -0.3 is 9.30 Å². The molecule has 1 heterocycles. The number of halogens is 3. The number of nitrogens with one attached hydrogen (secondary N) is 1. The number of amidine groups is 1. The zero-order valence-corrected chi connectivity index (χ0v) is 19.1. The molecule has 10 heteroatoms. The molecule has 0 atom stereocenters. The highest BCUT2D eigenvalue weighted by atomic mass is 35.5. The monoisotopic (exact) mass is 463 g/mol. The minimum Gasteiger partial charge on any atom is -0.452 e. The molecule has 0 aliphatic carbocycles. The van der Waals surface area contributed by atoms with E-state index in [1.165, 1.54) is 24.2 Å². The van der Waals surface area contributed by atoms with Crippen LogP contribution in [0.3, 0.4) is 0 Å². The zero-order chi connectivity index (χ0) is 21.6. The smallest absolute Gasteiger partial charge is 0.414 e. The molecule has 2 rings (SSSR count). The van der Waals surface area contributed by atoms with Crippen molar-refractivity contribution in [2.45, 2.75) is 33.1 Å². The summed E-state index contributed by atoms with van der Waals surface area (Å²) < 4.78 is 32.1. The highest BCUT2D eigenvalue weighted by Gasteiger charge is 2.24. The van der Waals surface area contributed by atoms with Gasteiger partial charge in [0.25, 0.3) is 0 Å². The number of hydrogen-bond donors (Lipinski definition) is 1. The van der Waals surface area contributed by atoms with Gasteiger partial charge in [-0.15, -0.1) is 0 Å². The van der Waals surface area contributed by atoms with Crippen LogP contribution in [-0.2, 0) is 9.30 Å². The zero-order valence-electron chi connectivity index (χ0n) is 16.7. The van der Waals surface area contributed by atoms with Crippen LogP contribution in [0.15, 0.2) is 22.0 Å². The predicted octanol–water partition coefficient (Wildman–Crippen LogP) is 6.40.